The Balaban J connectivity index is 2.14. The third-order valence-electron chi connectivity index (χ3n) is 5.08. The molecule has 0 saturated heterocycles. The van der Waals surface area contributed by atoms with Crippen LogP contribution in [0.25, 0.3) is 0 Å². The molecule has 2 N–H and O–H groups in total. The molecule has 0 aliphatic heterocycles. The molecule has 1 saturated carbocycles. The average molecular weight is 354 g/mol. The van der Waals surface area contributed by atoms with E-state index in [1.54, 1.807) is 31.4 Å². The molecule has 2 rings (SSSR count). The molecule has 132 valence electrons. The van der Waals surface area contributed by atoms with Crippen molar-refractivity contribution in [3.8, 4) is 5.75 Å². The number of methoxy groups -OCH3 is 1. The highest BCUT2D eigenvalue weighted by molar-refractivity contribution is 6.31. The number of hydrogen-bond donors (Lipinski definition) is 2. The second-order valence-corrected chi connectivity index (χ2v) is 7.15. The summed E-state index contributed by atoms with van der Waals surface area (Å²) in [5, 5.41) is 11.5. The number of carbonyl (C=O) groups is 2. The average Bonchev–Trinajstić information content (AvgIpc) is 2.57. The number of carboxylic acids is 1. The summed E-state index contributed by atoms with van der Waals surface area (Å²) in [7, 11) is 1.56. The molecule has 5 nitrogen and oxygen atoms in total. The van der Waals surface area contributed by atoms with Crippen molar-refractivity contribution < 1.29 is 19.4 Å². The van der Waals surface area contributed by atoms with Crippen molar-refractivity contribution in [2.75, 3.05) is 7.11 Å². The number of hydrogen-bond acceptors (Lipinski definition) is 3. The molecule has 0 heterocycles. The van der Waals surface area contributed by atoms with Crippen LogP contribution in [0, 0.1) is 11.8 Å². The van der Waals surface area contributed by atoms with Gasteiger partial charge in [0.1, 0.15) is 16.7 Å². The van der Waals surface area contributed by atoms with Crippen LogP contribution in [0.5, 0.6) is 5.75 Å². The molecule has 1 aromatic rings. The number of nitrogens with one attached hydrogen (secondary N) is 1. The number of benzene rings is 1. The maximum absolute atomic E-state index is 12.5. The first-order valence-corrected chi connectivity index (χ1v) is 8.56. The van der Waals surface area contributed by atoms with E-state index in [1.807, 2.05) is 6.92 Å². The van der Waals surface area contributed by atoms with Gasteiger partial charge >= 0.3 is 5.97 Å². The Kier molecular flexibility index (Phi) is 5.75. The number of amides is 1. The number of aliphatic carboxylic acids is 1. The number of carbonyl (C=O) groups excluding carboxylic acids is 1. The van der Waals surface area contributed by atoms with E-state index in [0.29, 0.717) is 30.1 Å². The lowest BCUT2D eigenvalue weighted by Gasteiger charge is -2.40. The number of rotatable bonds is 5. The summed E-state index contributed by atoms with van der Waals surface area (Å²) in [6.07, 6.45) is 1.61. The van der Waals surface area contributed by atoms with Crippen LogP contribution in [0.3, 0.4) is 0 Å². The van der Waals surface area contributed by atoms with Crippen molar-refractivity contribution in [1.29, 1.82) is 0 Å². The highest BCUT2D eigenvalue weighted by Gasteiger charge is 2.45. The van der Waals surface area contributed by atoms with E-state index >= 15 is 0 Å². The molecule has 1 amide bonds. The number of ether oxygens (including phenoxy) is 1. The van der Waals surface area contributed by atoms with E-state index < -0.39 is 22.8 Å². The second kappa shape index (κ2) is 7.43. The molecule has 4 unspecified atom stereocenters. The lowest BCUT2D eigenvalue weighted by molar-refractivity contribution is -0.150. The van der Waals surface area contributed by atoms with Crippen molar-refractivity contribution in [2.45, 2.75) is 44.0 Å². The fourth-order valence-electron chi connectivity index (χ4n) is 3.20. The Hall–Kier alpha value is -1.75. The van der Waals surface area contributed by atoms with Crippen molar-refractivity contribution >= 4 is 23.5 Å². The SMILES string of the molecule is COc1ccc(C(Cl)C(=O)NC2(C(=O)O)CCC(C)C(C)C2)cc1. The Morgan fingerprint density at radius 1 is 1.29 bits per heavy atom. The van der Waals surface area contributed by atoms with E-state index in [9.17, 15) is 14.7 Å². The van der Waals surface area contributed by atoms with Crippen molar-refractivity contribution in [1.82, 2.24) is 5.32 Å². The van der Waals surface area contributed by atoms with Gasteiger partial charge in [-0.1, -0.05) is 26.0 Å². The fraction of sp³-hybridized carbons (Fsp3) is 0.556. The third kappa shape index (κ3) is 3.83. The summed E-state index contributed by atoms with van der Waals surface area (Å²) in [6, 6.07) is 6.84. The zero-order valence-electron chi connectivity index (χ0n) is 14.2. The van der Waals surface area contributed by atoms with E-state index in [2.05, 4.69) is 12.2 Å². The summed E-state index contributed by atoms with van der Waals surface area (Å²) >= 11 is 6.26. The highest BCUT2D eigenvalue weighted by Crippen LogP contribution is 2.37. The van der Waals surface area contributed by atoms with Gasteiger partial charge in [-0.2, -0.15) is 0 Å². The molecular formula is C18H24ClNO4. The standard InChI is InChI=1S/C18H24ClNO4/c1-11-8-9-18(17(22)23,10-12(11)2)20-16(21)15(19)13-4-6-14(24-3)7-5-13/h4-7,11-12,15H,8-10H2,1-3H3,(H,20,21)(H,22,23). The Morgan fingerprint density at radius 3 is 2.42 bits per heavy atom. The van der Waals surface area contributed by atoms with Gasteiger partial charge in [-0.25, -0.2) is 4.79 Å². The molecule has 6 heteroatoms. The topological polar surface area (TPSA) is 75.6 Å². The fourth-order valence-corrected chi connectivity index (χ4v) is 3.40. The monoisotopic (exact) mass is 353 g/mol. The van der Waals surface area contributed by atoms with Crippen LogP contribution in [-0.2, 0) is 9.59 Å². The van der Waals surface area contributed by atoms with Crippen LogP contribution >= 0.6 is 11.6 Å². The first-order valence-electron chi connectivity index (χ1n) is 8.12. The normalized spacial score (nSPS) is 28.0. The van der Waals surface area contributed by atoms with Crippen LogP contribution in [0.2, 0.25) is 0 Å². The summed E-state index contributed by atoms with van der Waals surface area (Å²) in [6.45, 7) is 4.13. The Bertz CT molecular complexity index is 604. The number of halogens is 1. The molecule has 24 heavy (non-hydrogen) atoms. The summed E-state index contributed by atoms with van der Waals surface area (Å²) in [4.78, 5) is 24.4. The van der Waals surface area contributed by atoms with Gasteiger partial charge in [0.2, 0.25) is 5.91 Å². The Labute approximate surface area is 147 Å². The molecule has 1 aliphatic carbocycles. The van der Waals surface area contributed by atoms with Gasteiger partial charge in [-0.3, -0.25) is 4.79 Å². The molecule has 1 aromatic carbocycles. The van der Waals surface area contributed by atoms with Gasteiger partial charge in [0, 0.05) is 0 Å². The first kappa shape index (κ1) is 18.6. The minimum Gasteiger partial charge on any atom is -0.497 e. The van der Waals surface area contributed by atoms with Crippen LogP contribution in [0.1, 0.15) is 44.1 Å². The molecule has 0 aromatic heterocycles. The van der Waals surface area contributed by atoms with Gasteiger partial charge < -0.3 is 15.2 Å². The predicted molar refractivity (Wildman–Crippen MR) is 92.3 cm³/mol. The molecule has 4 atom stereocenters. The lowest BCUT2D eigenvalue weighted by Crippen LogP contribution is -2.58. The minimum atomic E-state index is -1.23. The van der Waals surface area contributed by atoms with Crippen molar-refractivity contribution in [2.24, 2.45) is 11.8 Å². The van der Waals surface area contributed by atoms with Gasteiger partial charge in [0.05, 0.1) is 7.11 Å². The van der Waals surface area contributed by atoms with E-state index in [0.717, 1.165) is 6.42 Å². The van der Waals surface area contributed by atoms with Gasteiger partial charge in [-0.05, 0) is 48.8 Å². The third-order valence-corrected chi connectivity index (χ3v) is 5.53. The maximum atomic E-state index is 12.5. The van der Waals surface area contributed by atoms with E-state index in [4.69, 9.17) is 16.3 Å². The molecule has 1 aliphatic rings. The predicted octanol–water partition coefficient (Wildman–Crippen LogP) is 3.37. The lowest BCUT2D eigenvalue weighted by atomic mass is 9.71. The first-order chi connectivity index (χ1) is 11.3. The van der Waals surface area contributed by atoms with Crippen LogP contribution < -0.4 is 10.1 Å². The Morgan fingerprint density at radius 2 is 1.92 bits per heavy atom. The number of carboxylic acid groups (broad SMARTS) is 1. The van der Waals surface area contributed by atoms with Crippen molar-refractivity contribution in [3.05, 3.63) is 29.8 Å². The van der Waals surface area contributed by atoms with Crippen molar-refractivity contribution in [3.63, 3.8) is 0 Å². The molecular weight excluding hydrogens is 330 g/mol. The summed E-state index contributed by atoms with van der Waals surface area (Å²) in [5.74, 6) is -0.132. The van der Waals surface area contributed by atoms with E-state index in [-0.39, 0.29) is 5.92 Å². The molecule has 1 fully saturated rings. The van der Waals surface area contributed by atoms with E-state index in [1.165, 1.54) is 0 Å². The van der Waals surface area contributed by atoms with Crippen LogP contribution in [0.4, 0.5) is 0 Å². The minimum absolute atomic E-state index is 0.227. The zero-order chi connectivity index (χ0) is 17.9. The molecule has 0 bridgehead atoms. The van der Waals surface area contributed by atoms with Gasteiger partial charge in [0.25, 0.3) is 0 Å². The molecule has 0 spiro atoms. The van der Waals surface area contributed by atoms with Gasteiger partial charge in [-0.15, -0.1) is 11.6 Å². The van der Waals surface area contributed by atoms with Crippen LogP contribution in [0.15, 0.2) is 24.3 Å². The highest BCUT2D eigenvalue weighted by atomic mass is 35.5. The molecule has 0 radical (unpaired) electrons. The summed E-state index contributed by atoms with van der Waals surface area (Å²) in [5.41, 5.74) is -0.629. The smallest absolute Gasteiger partial charge is 0.329 e. The quantitative estimate of drug-likeness (QED) is 0.796. The van der Waals surface area contributed by atoms with Gasteiger partial charge in [0.15, 0.2) is 0 Å². The maximum Gasteiger partial charge on any atom is 0.329 e. The number of alkyl halides is 1. The zero-order valence-corrected chi connectivity index (χ0v) is 15.0. The largest absolute Gasteiger partial charge is 0.497 e. The second-order valence-electron chi connectivity index (χ2n) is 6.71. The van der Waals surface area contributed by atoms with Crippen LogP contribution in [-0.4, -0.2) is 29.6 Å². The summed E-state index contributed by atoms with van der Waals surface area (Å²) < 4.78 is 5.08.